The average molecular weight is 293 g/mol. The fourth-order valence-corrected chi connectivity index (χ4v) is 1.86. The molecule has 21 heavy (non-hydrogen) atoms. The van der Waals surface area contributed by atoms with Crippen LogP contribution in [-0.4, -0.2) is 29.6 Å². The van der Waals surface area contributed by atoms with E-state index < -0.39 is 12.0 Å². The van der Waals surface area contributed by atoms with Gasteiger partial charge in [-0.3, -0.25) is 4.79 Å². The third-order valence-electron chi connectivity index (χ3n) is 3.38. The first-order valence-electron chi connectivity index (χ1n) is 7.18. The summed E-state index contributed by atoms with van der Waals surface area (Å²) < 4.78 is 5.41. The summed E-state index contributed by atoms with van der Waals surface area (Å²) in [4.78, 5) is 22.8. The van der Waals surface area contributed by atoms with Gasteiger partial charge in [-0.05, 0) is 11.5 Å². The minimum atomic E-state index is -0.997. The van der Waals surface area contributed by atoms with Gasteiger partial charge in [0.2, 0.25) is 5.91 Å². The van der Waals surface area contributed by atoms with Crippen molar-refractivity contribution in [3.8, 4) is 0 Å². The summed E-state index contributed by atoms with van der Waals surface area (Å²) in [5.41, 5.74) is 1.04. The lowest BCUT2D eigenvalue weighted by Gasteiger charge is -2.20. The maximum Gasteiger partial charge on any atom is 0.326 e. The molecule has 0 aromatic heterocycles. The molecule has 0 aliphatic heterocycles. The van der Waals surface area contributed by atoms with Crippen molar-refractivity contribution in [2.45, 2.75) is 39.3 Å². The Balaban J connectivity index is 2.28. The topological polar surface area (TPSA) is 75.6 Å². The van der Waals surface area contributed by atoms with Crippen molar-refractivity contribution in [1.29, 1.82) is 0 Å². The molecule has 0 bridgehead atoms. The van der Waals surface area contributed by atoms with Crippen molar-refractivity contribution in [3.63, 3.8) is 0 Å². The molecule has 2 atom stereocenters. The third-order valence-corrected chi connectivity index (χ3v) is 3.38. The fourth-order valence-electron chi connectivity index (χ4n) is 1.86. The van der Waals surface area contributed by atoms with Gasteiger partial charge in [0.25, 0.3) is 0 Å². The number of carboxylic acid groups (broad SMARTS) is 1. The van der Waals surface area contributed by atoms with E-state index in [0.717, 1.165) is 5.56 Å². The maximum absolute atomic E-state index is 11.7. The number of carbonyl (C=O) groups excluding carboxylic acids is 1. The van der Waals surface area contributed by atoms with Crippen LogP contribution in [0.4, 0.5) is 0 Å². The zero-order valence-electron chi connectivity index (χ0n) is 12.5. The molecular weight excluding hydrogens is 270 g/mol. The standard InChI is InChI=1S/C16H23NO4/c1-3-12(2)15(16(19)20)17-14(18)9-10-21-11-13-7-5-4-6-8-13/h4-8,12,15H,3,9-11H2,1-2H3,(H,17,18)(H,19,20). The van der Waals surface area contributed by atoms with Gasteiger partial charge in [-0.25, -0.2) is 4.79 Å². The van der Waals surface area contributed by atoms with Gasteiger partial charge in [0.15, 0.2) is 0 Å². The zero-order chi connectivity index (χ0) is 15.7. The van der Waals surface area contributed by atoms with E-state index in [0.29, 0.717) is 13.0 Å². The minimum absolute atomic E-state index is 0.100. The number of nitrogens with one attached hydrogen (secondary N) is 1. The second-order valence-electron chi connectivity index (χ2n) is 5.06. The largest absolute Gasteiger partial charge is 0.480 e. The van der Waals surface area contributed by atoms with E-state index in [1.165, 1.54) is 0 Å². The molecule has 0 radical (unpaired) electrons. The summed E-state index contributed by atoms with van der Waals surface area (Å²) in [6.07, 6.45) is 0.856. The lowest BCUT2D eigenvalue weighted by Crippen LogP contribution is -2.45. The van der Waals surface area contributed by atoms with Gasteiger partial charge in [0, 0.05) is 6.42 Å². The van der Waals surface area contributed by atoms with Crippen LogP contribution in [0.15, 0.2) is 30.3 Å². The monoisotopic (exact) mass is 293 g/mol. The molecule has 0 saturated carbocycles. The van der Waals surface area contributed by atoms with Gasteiger partial charge in [-0.15, -0.1) is 0 Å². The Morgan fingerprint density at radius 3 is 2.52 bits per heavy atom. The zero-order valence-corrected chi connectivity index (χ0v) is 12.5. The van der Waals surface area contributed by atoms with Crippen molar-refractivity contribution in [2.24, 2.45) is 5.92 Å². The Hall–Kier alpha value is -1.88. The van der Waals surface area contributed by atoms with Crippen LogP contribution in [0.1, 0.15) is 32.3 Å². The van der Waals surface area contributed by atoms with Gasteiger partial charge >= 0.3 is 5.97 Å². The highest BCUT2D eigenvalue weighted by Gasteiger charge is 2.24. The van der Waals surface area contributed by atoms with Gasteiger partial charge in [-0.1, -0.05) is 50.6 Å². The van der Waals surface area contributed by atoms with Crippen molar-refractivity contribution in [3.05, 3.63) is 35.9 Å². The second kappa shape index (κ2) is 9.13. The van der Waals surface area contributed by atoms with E-state index in [1.807, 2.05) is 44.2 Å². The highest BCUT2D eigenvalue weighted by atomic mass is 16.5. The van der Waals surface area contributed by atoms with Crippen molar-refractivity contribution >= 4 is 11.9 Å². The average Bonchev–Trinajstić information content (AvgIpc) is 2.49. The molecule has 0 aliphatic rings. The first kappa shape index (κ1) is 17.2. The van der Waals surface area contributed by atoms with E-state index in [4.69, 9.17) is 9.84 Å². The molecule has 0 heterocycles. The predicted octanol–water partition coefficient (Wildman–Crippen LogP) is 2.21. The number of amides is 1. The molecular formula is C16H23NO4. The van der Waals surface area contributed by atoms with Crippen molar-refractivity contribution in [1.82, 2.24) is 5.32 Å². The third kappa shape index (κ3) is 6.40. The van der Waals surface area contributed by atoms with E-state index in [9.17, 15) is 9.59 Å². The van der Waals surface area contributed by atoms with Crippen LogP contribution in [0.5, 0.6) is 0 Å². The highest BCUT2D eigenvalue weighted by molar-refractivity contribution is 5.83. The molecule has 1 rings (SSSR count). The summed E-state index contributed by atoms with van der Waals surface area (Å²) >= 11 is 0. The first-order chi connectivity index (χ1) is 10.0. The minimum Gasteiger partial charge on any atom is -0.480 e. The molecule has 1 amide bonds. The van der Waals surface area contributed by atoms with Crippen LogP contribution < -0.4 is 5.32 Å². The van der Waals surface area contributed by atoms with Crippen LogP contribution in [0.3, 0.4) is 0 Å². The van der Waals surface area contributed by atoms with Crippen LogP contribution in [0.2, 0.25) is 0 Å². The fraction of sp³-hybridized carbons (Fsp3) is 0.500. The molecule has 1 aromatic carbocycles. The number of rotatable bonds is 9. The molecule has 116 valence electrons. The van der Waals surface area contributed by atoms with Crippen LogP contribution >= 0.6 is 0 Å². The SMILES string of the molecule is CCC(C)C(NC(=O)CCOCc1ccccc1)C(=O)O. The quantitative estimate of drug-likeness (QED) is 0.684. The van der Waals surface area contributed by atoms with Gasteiger partial charge in [0.05, 0.1) is 13.2 Å². The molecule has 0 fully saturated rings. The van der Waals surface area contributed by atoms with E-state index >= 15 is 0 Å². The lowest BCUT2D eigenvalue weighted by molar-refractivity contribution is -0.143. The van der Waals surface area contributed by atoms with E-state index in [-0.39, 0.29) is 24.9 Å². The summed E-state index contributed by atoms with van der Waals surface area (Å²) in [7, 11) is 0. The molecule has 0 saturated heterocycles. The van der Waals surface area contributed by atoms with Crippen molar-refractivity contribution < 1.29 is 19.4 Å². The number of ether oxygens (including phenoxy) is 1. The van der Waals surface area contributed by atoms with Gasteiger partial charge in [0.1, 0.15) is 6.04 Å². The summed E-state index contributed by atoms with van der Waals surface area (Å²) in [5, 5.41) is 11.6. The van der Waals surface area contributed by atoms with Gasteiger partial charge in [-0.2, -0.15) is 0 Å². The molecule has 5 nitrogen and oxygen atoms in total. The molecule has 0 spiro atoms. The molecule has 2 N–H and O–H groups in total. The molecule has 1 aromatic rings. The van der Waals surface area contributed by atoms with E-state index in [2.05, 4.69) is 5.32 Å². The number of aliphatic carboxylic acids is 1. The summed E-state index contributed by atoms with van der Waals surface area (Å²) in [6.45, 7) is 4.43. The predicted molar refractivity (Wildman–Crippen MR) is 79.7 cm³/mol. The number of hydrogen-bond acceptors (Lipinski definition) is 3. The lowest BCUT2D eigenvalue weighted by atomic mass is 9.99. The Bertz CT molecular complexity index is 447. The van der Waals surface area contributed by atoms with Crippen LogP contribution in [0, 0.1) is 5.92 Å². The maximum atomic E-state index is 11.7. The second-order valence-corrected chi connectivity index (χ2v) is 5.06. The summed E-state index contributed by atoms with van der Waals surface area (Å²) in [6, 6.07) is 8.84. The van der Waals surface area contributed by atoms with Gasteiger partial charge < -0.3 is 15.2 Å². The van der Waals surface area contributed by atoms with Crippen LogP contribution in [-0.2, 0) is 20.9 Å². The highest BCUT2D eigenvalue weighted by Crippen LogP contribution is 2.08. The smallest absolute Gasteiger partial charge is 0.326 e. The number of carboxylic acids is 1. The number of hydrogen-bond donors (Lipinski definition) is 2. The normalized spacial score (nSPS) is 13.4. The Kier molecular flexibility index (Phi) is 7.46. The number of carbonyl (C=O) groups is 2. The Labute approximate surface area is 125 Å². The summed E-state index contributed by atoms with van der Waals surface area (Å²) in [5.74, 6) is -1.39. The Morgan fingerprint density at radius 1 is 1.29 bits per heavy atom. The number of benzene rings is 1. The van der Waals surface area contributed by atoms with E-state index in [1.54, 1.807) is 0 Å². The van der Waals surface area contributed by atoms with Crippen molar-refractivity contribution in [2.75, 3.05) is 6.61 Å². The molecule has 0 aliphatic carbocycles. The molecule has 2 unspecified atom stereocenters. The first-order valence-corrected chi connectivity index (χ1v) is 7.18. The molecule has 5 heteroatoms. The Morgan fingerprint density at radius 2 is 1.95 bits per heavy atom. The van der Waals surface area contributed by atoms with Crippen LogP contribution in [0.25, 0.3) is 0 Å².